The number of phenols is 1. The predicted molar refractivity (Wildman–Crippen MR) is 145 cm³/mol. The van der Waals surface area contributed by atoms with Gasteiger partial charge in [-0.1, -0.05) is 83.1 Å². The third-order valence-electron chi connectivity index (χ3n) is 7.55. The number of Topliss-reactive ketones (excluding diaryl/α,β-unsaturated/α-hetero) is 1. The lowest BCUT2D eigenvalue weighted by molar-refractivity contribution is 0.0469. The van der Waals surface area contributed by atoms with Gasteiger partial charge >= 0.3 is 5.97 Å². The topological polar surface area (TPSA) is 63.6 Å². The van der Waals surface area contributed by atoms with Gasteiger partial charge in [0.15, 0.2) is 5.78 Å². The highest BCUT2D eigenvalue weighted by Gasteiger charge is 2.42. The maximum Gasteiger partial charge on any atom is 0.342 e. The van der Waals surface area contributed by atoms with E-state index in [-0.39, 0.29) is 34.5 Å². The van der Waals surface area contributed by atoms with E-state index in [0.717, 1.165) is 16.7 Å². The molecular formula is C32H38O4. The normalized spacial score (nSPS) is 17.2. The third-order valence-corrected chi connectivity index (χ3v) is 7.55. The van der Waals surface area contributed by atoms with Gasteiger partial charge in [-0.15, -0.1) is 0 Å². The van der Waals surface area contributed by atoms with Crippen molar-refractivity contribution < 1.29 is 19.4 Å². The lowest BCUT2D eigenvalue weighted by atomic mass is 9.58. The number of ether oxygens (including phenoxy) is 1. The molecule has 0 bridgehead atoms. The van der Waals surface area contributed by atoms with E-state index in [1.54, 1.807) is 19.1 Å². The molecule has 1 unspecified atom stereocenters. The summed E-state index contributed by atoms with van der Waals surface area (Å²) in [5.74, 6) is 0.239. The van der Waals surface area contributed by atoms with Crippen LogP contribution in [0.4, 0.5) is 0 Å². The molecule has 3 aromatic rings. The second-order valence-corrected chi connectivity index (χ2v) is 11.1. The summed E-state index contributed by atoms with van der Waals surface area (Å²) in [7, 11) is 0. The Morgan fingerprint density at radius 3 is 2.14 bits per heavy atom. The summed E-state index contributed by atoms with van der Waals surface area (Å²) < 4.78 is 5.10. The van der Waals surface area contributed by atoms with Gasteiger partial charge in [0, 0.05) is 5.56 Å². The zero-order valence-corrected chi connectivity index (χ0v) is 22.5. The number of aromatic hydroxyl groups is 1. The predicted octanol–water partition coefficient (Wildman–Crippen LogP) is 7.54. The maximum atomic E-state index is 11.8. The summed E-state index contributed by atoms with van der Waals surface area (Å²) >= 11 is 0. The minimum Gasteiger partial charge on any atom is -0.507 e. The fraction of sp³-hybridized carbons (Fsp3) is 0.375. The first-order valence-electron chi connectivity index (χ1n) is 12.5. The molecule has 4 heteroatoms. The molecule has 0 radical (unpaired) electrons. The standard InChI is InChI=1S/C18H26O.C14H12O3/c1-11-8-16-15(9-14(11)13(3)19)17(4,5)10-12(2)18(16,6)7;15-13-9-5-4-8-12(13)14(16)17-10-11-6-2-1-3-7-11/h8-9,12H,10H2,1-7H3;1-9,15H,10H2. The van der Waals surface area contributed by atoms with Gasteiger partial charge in [-0.25, -0.2) is 4.79 Å². The monoisotopic (exact) mass is 486 g/mol. The zero-order valence-electron chi connectivity index (χ0n) is 22.5. The van der Waals surface area contributed by atoms with Gasteiger partial charge < -0.3 is 9.84 Å². The second-order valence-electron chi connectivity index (χ2n) is 11.1. The average molecular weight is 487 g/mol. The lowest BCUT2D eigenvalue weighted by Gasteiger charge is -2.47. The van der Waals surface area contributed by atoms with Crippen LogP contribution in [0.5, 0.6) is 5.75 Å². The largest absolute Gasteiger partial charge is 0.507 e. The van der Waals surface area contributed by atoms with Crippen molar-refractivity contribution in [2.24, 2.45) is 5.92 Å². The van der Waals surface area contributed by atoms with Crippen molar-refractivity contribution in [3.8, 4) is 5.75 Å². The van der Waals surface area contributed by atoms with Crippen molar-refractivity contribution >= 4 is 11.8 Å². The molecule has 0 saturated carbocycles. The number of fused-ring (bicyclic) bond motifs is 1. The van der Waals surface area contributed by atoms with Crippen molar-refractivity contribution in [1.82, 2.24) is 0 Å². The second kappa shape index (κ2) is 10.7. The highest BCUT2D eigenvalue weighted by atomic mass is 16.5. The highest BCUT2D eigenvalue weighted by Crippen LogP contribution is 2.49. The summed E-state index contributed by atoms with van der Waals surface area (Å²) in [6, 6.07) is 20.1. The van der Waals surface area contributed by atoms with Crippen LogP contribution >= 0.6 is 0 Å². The number of ketones is 1. The molecular weight excluding hydrogens is 448 g/mol. The molecule has 0 heterocycles. The molecule has 0 aromatic heterocycles. The summed E-state index contributed by atoms with van der Waals surface area (Å²) in [6.45, 7) is 15.5. The Labute approximate surface area is 215 Å². The van der Waals surface area contributed by atoms with Crippen LogP contribution in [-0.4, -0.2) is 16.9 Å². The van der Waals surface area contributed by atoms with Crippen LogP contribution in [0.1, 0.15) is 90.9 Å². The number of esters is 1. The van der Waals surface area contributed by atoms with Gasteiger partial charge in [-0.05, 0) is 77.5 Å². The number of hydrogen-bond donors (Lipinski definition) is 1. The first kappa shape index (κ1) is 27.2. The molecule has 1 aliphatic rings. The average Bonchev–Trinajstić information content (AvgIpc) is 2.82. The molecule has 3 aromatic carbocycles. The third kappa shape index (κ3) is 5.87. The van der Waals surface area contributed by atoms with E-state index in [1.807, 2.05) is 30.3 Å². The van der Waals surface area contributed by atoms with Gasteiger partial charge in [0.1, 0.15) is 17.9 Å². The summed E-state index contributed by atoms with van der Waals surface area (Å²) in [5.41, 5.74) is 6.24. The number of para-hydroxylation sites is 1. The Morgan fingerprint density at radius 1 is 0.917 bits per heavy atom. The van der Waals surface area contributed by atoms with Crippen LogP contribution in [0.2, 0.25) is 0 Å². The number of phenolic OH excluding ortho intramolecular Hbond substituents is 1. The fourth-order valence-corrected chi connectivity index (χ4v) is 5.02. The first-order chi connectivity index (χ1) is 16.8. The molecule has 4 rings (SSSR count). The Kier molecular flexibility index (Phi) is 8.08. The zero-order chi connectivity index (χ0) is 26.7. The number of benzene rings is 3. The molecule has 1 atom stereocenters. The van der Waals surface area contributed by atoms with E-state index in [2.05, 4.69) is 53.7 Å². The number of carbonyl (C=O) groups excluding carboxylic acids is 2. The summed E-state index contributed by atoms with van der Waals surface area (Å²) in [5, 5.41) is 9.48. The maximum absolute atomic E-state index is 11.8. The molecule has 4 nitrogen and oxygen atoms in total. The van der Waals surface area contributed by atoms with Crippen molar-refractivity contribution in [2.75, 3.05) is 0 Å². The number of rotatable bonds is 4. The highest BCUT2D eigenvalue weighted by molar-refractivity contribution is 5.96. The molecule has 1 N–H and O–H groups in total. The molecule has 0 spiro atoms. The van der Waals surface area contributed by atoms with Gasteiger partial charge in [0.05, 0.1) is 0 Å². The Morgan fingerprint density at radius 2 is 1.53 bits per heavy atom. The van der Waals surface area contributed by atoms with Crippen molar-refractivity contribution in [3.05, 3.63) is 100 Å². The van der Waals surface area contributed by atoms with Gasteiger partial charge in [0.2, 0.25) is 0 Å². The van der Waals surface area contributed by atoms with Gasteiger partial charge in [-0.2, -0.15) is 0 Å². The van der Waals surface area contributed by atoms with Crippen LogP contribution in [-0.2, 0) is 22.2 Å². The smallest absolute Gasteiger partial charge is 0.342 e. The molecule has 36 heavy (non-hydrogen) atoms. The lowest BCUT2D eigenvalue weighted by Crippen LogP contribution is -2.40. The SMILES string of the molecule is CC(=O)c1cc2c(cc1C)C(C)(C)C(C)CC2(C)C.O=C(OCc1ccccc1)c1ccccc1O. The molecule has 190 valence electrons. The Balaban J connectivity index is 0.000000202. The van der Waals surface area contributed by atoms with Crippen LogP contribution in [0.3, 0.4) is 0 Å². The molecule has 0 saturated heterocycles. The number of hydrogen-bond acceptors (Lipinski definition) is 4. The molecule has 1 aliphatic carbocycles. The molecule has 0 fully saturated rings. The first-order valence-corrected chi connectivity index (χ1v) is 12.5. The van der Waals surface area contributed by atoms with E-state index in [9.17, 15) is 14.7 Å². The van der Waals surface area contributed by atoms with E-state index in [0.29, 0.717) is 5.92 Å². The van der Waals surface area contributed by atoms with Gasteiger partial charge in [0.25, 0.3) is 0 Å². The minimum atomic E-state index is -0.521. The van der Waals surface area contributed by atoms with E-state index in [4.69, 9.17) is 4.74 Å². The Bertz CT molecular complexity index is 1240. The number of aryl methyl sites for hydroxylation is 1. The quantitative estimate of drug-likeness (QED) is 0.306. The van der Waals surface area contributed by atoms with Crippen LogP contribution in [0, 0.1) is 12.8 Å². The van der Waals surface area contributed by atoms with Gasteiger partial charge in [-0.3, -0.25) is 4.79 Å². The van der Waals surface area contributed by atoms with Crippen LogP contribution < -0.4 is 0 Å². The van der Waals surface area contributed by atoms with E-state index < -0.39 is 5.97 Å². The molecule has 0 amide bonds. The minimum absolute atomic E-state index is 0.0643. The summed E-state index contributed by atoms with van der Waals surface area (Å²) in [6.07, 6.45) is 1.17. The summed E-state index contributed by atoms with van der Waals surface area (Å²) in [4.78, 5) is 23.4. The molecule has 0 aliphatic heterocycles. The number of carbonyl (C=O) groups is 2. The fourth-order valence-electron chi connectivity index (χ4n) is 5.02. The van der Waals surface area contributed by atoms with E-state index >= 15 is 0 Å². The van der Waals surface area contributed by atoms with Crippen molar-refractivity contribution in [3.63, 3.8) is 0 Å². The van der Waals surface area contributed by atoms with Crippen LogP contribution in [0.15, 0.2) is 66.7 Å². The van der Waals surface area contributed by atoms with Crippen LogP contribution in [0.25, 0.3) is 0 Å². The van der Waals surface area contributed by atoms with Crippen molar-refractivity contribution in [2.45, 2.75) is 72.3 Å². The van der Waals surface area contributed by atoms with E-state index in [1.165, 1.54) is 29.7 Å². The van der Waals surface area contributed by atoms with Crippen molar-refractivity contribution in [1.29, 1.82) is 0 Å². The Hall–Kier alpha value is -3.40.